The molecule has 1 unspecified atom stereocenters. The molecule has 0 saturated heterocycles. The second-order valence-corrected chi connectivity index (χ2v) is 4.37. The molecule has 1 aromatic carbocycles. The van der Waals surface area contributed by atoms with Crippen LogP contribution in [0.3, 0.4) is 0 Å². The van der Waals surface area contributed by atoms with Crippen molar-refractivity contribution in [2.75, 3.05) is 20.6 Å². The highest BCUT2D eigenvalue weighted by Crippen LogP contribution is 2.27. The van der Waals surface area contributed by atoms with Gasteiger partial charge in [0.25, 0.3) is 5.91 Å². The van der Waals surface area contributed by atoms with E-state index in [1.807, 2.05) is 0 Å². The number of hydrogen-bond donors (Lipinski definition) is 3. The summed E-state index contributed by atoms with van der Waals surface area (Å²) >= 11 is 0. The monoisotopic (exact) mass is 266 g/mol. The number of hydrogen-bond acceptors (Lipinski definition) is 4. The summed E-state index contributed by atoms with van der Waals surface area (Å²) in [5.74, 6) is -1.67. The van der Waals surface area contributed by atoms with Crippen molar-refractivity contribution in [3.05, 3.63) is 23.8 Å². The second kappa shape index (κ2) is 6.08. The van der Waals surface area contributed by atoms with Crippen molar-refractivity contribution in [3.63, 3.8) is 0 Å². The maximum Gasteiger partial charge on any atom is 0.261 e. The van der Waals surface area contributed by atoms with Crippen molar-refractivity contribution in [2.45, 2.75) is 6.92 Å². The summed E-state index contributed by atoms with van der Waals surface area (Å²) < 4.78 is 0. The first-order chi connectivity index (χ1) is 8.88. The molecule has 1 atom stereocenters. The lowest BCUT2D eigenvalue weighted by Crippen LogP contribution is -2.37. The number of phenolic OH excluding ortho intramolecular Hbond substituents is 2. The molecule has 0 aliphatic heterocycles. The standard InChI is InChI=1S/C13H18N2O4/c1-8(12(18)14-2)7-15(3)13(19)11-9(16)5-4-6-10(11)17/h4-6,8,16-17H,7H2,1-3H3,(H,14,18). The molecule has 0 aliphatic carbocycles. The highest BCUT2D eigenvalue weighted by Gasteiger charge is 2.22. The highest BCUT2D eigenvalue weighted by molar-refractivity contribution is 5.99. The minimum Gasteiger partial charge on any atom is -0.507 e. The van der Waals surface area contributed by atoms with E-state index in [4.69, 9.17) is 0 Å². The van der Waals surface area contributed by atoms with E-state index in [1.165, 1.54) is 37.2 Å². The lowest BCUT2D eigenvalue weighted by atomic mass is 10.1. The van der Waals surface area contributed by atoms with Crippen LogP contribution in [0.4, 0.5) is 0 Å². The first kappa shape index (κ1) is 14.8. The first-order valence-electron chi connectivity index (χ1n) is 5.86. The van der Waals surface area contributed by atoms with Crippen molar-refractivity contribution < 1.29 is 19.8 Å². The number of nitrogens with one attached hydrogen (secondary N) is 1. The Morgan fingerprint density at radius 2 is 1.84 bits per heavy atom. The molecular formula is C13H18N2O4. The Bertz CT molecular complexity index is 467. The molecule has 0 saturated carbocycles. The van der Waals surface area contributed by atoms with Crippen LogP contribution < -0.4 is 5.32 Å². The lowest BCUT2D eigenvalue weighted by Gasteiger charge is -2.21. The van der Waals surface area contributed by atoms with Gasteiger partial charge >= 0.3 is 0 Å². The number of carbonyl (C=O) groups is 2. The SMILES string of the molecule is CNC(=O)C(C)CN(C)C(=O)c1c(O)cccc1O. The molecule has 1 rings (SSSR count). The average Bonchev–Trinajstić information content (AvgIpc) is 2.37. The molecule has 0 aromatic heterocycles. The normalized spacial score (nSPS) is 11.7. The molecule has 1 aromatic rings. The van der Waals surface area contributed by atoms with Gasteiger partial charge in [-0.1, -0.05) is 13.0 Å². The van der Waals surface area contributed by atoms with E-state index < -0.39 is 5.91 Å². The summed E-state index contributed by atoms with van der Waals surface area (Å²) in [6, 6.07) is 4.08. The molecular weight excluding hydrogens is 248 g/mol. The second-order valence-electron chi connectivity index (χ2n) is 4.37. The summed E-state index contributed by atoms with van der Waals surface area (Å²) in [5, 5.41) is 21.7. The van der Waals surface area contributed by atoms with E-state index in [2.05, 4.69) is 5.32 Å². The zero-order chi connectivity index (χ0) is 14.6. The van der Waals surface area contributed by atoms with Gasteiger partial charge in [-0.15, -0.1) is 0 Å². The lowest BCUT2D eigenvalue weighted by molar-refractivity contribution is -0.124. The maximum atomic E-state index is 12.1. The Hall–Kier alpha value is -2.24. The van der Waals surface area contributed by atoms with Gasteiger partial charge in [0.2, 0.25) is 5.91 Å². The van der Waals surface area contributed by atoms with Gasteiger partial charge < -0.3 is 20.4 Å². The topological polar surface area (TPSA) is 89.9 Å². The van der Waals surface area contributed by atoms with Crippen molar-refractivity contribution in [2.24, 2.45) is 5.92 Å². The molecule has 0 spiro atoms. The van der Waals surface area contributed by atoms with Crippen LogP contribution in [-0.4, -0.2) is 47.6 Å². The van der Waals surface area contributed by atoms with E-state index in [0.29, 0.717) is 0 Å². The summed E-state index contributed by atoms with van der Waals surface area (Å²) in [6.07, 6.45) is 0. The van der Waals surface area contributed by atoms with Crippen LogP contribution in [0.25, 0.3) is 0 Å². The van der Waals surface area contributed by atoms with Crippen molar-refractivity contribution in [1.82, 2.24) is 10.2 Å². The van der Waals surface area contributed by atoms with Gasteiger partial charge in [0, 0.05) is 20.6 Å². The van der Waals surface area contributed by atoms with E-state index in [1.54, 1.807) is 6.92 Å². The minimum atomic E-state index is -0.536. The number of nitrogens with zero attached hydrogens (tertiary/aromatic N) is 1. The molecule has 6 nitrogen and oxygen atoms in total. The Labute approximate surface area is 111 Å². The quantitative estimate of drug-likeness (QED) is 0.742. The predicted octanol–water partition coefficient (Wildman–Crippen LogP) is 0.552. The zero-order valence-electron chi connectivity index (χ0n) is 11.2. The van der Waals surface area contributed by atoms with Gasteiger partial charge in [0.05, 0.1) is 5.92 Å². The van der Waals surface area contributed by atoms with Crippen LogP contribution >= 0.6 is 0 Å². The number of amides is 2. The third kappa shape index (κ3) is 3.37. The fourth-order valence-electron chi connectivity index (χ4n) is 1.76. The van der Waals surface area contributed by atoms with E-state index in [0.717, 1.165) is 0 Å². The fourth-order valence-corrected chi connectivity index (χ4v) is 1.76. The van der Waals surface area contributed by atoms with E-state index >= 15 is 0 Å². The van der Waals surface area contributed by atoms with Crippen LogP contribution in [0.5, 0.6) is 11.5 Å². The van der Waals surface area contributed by atoms with Crippen LogP contribution in [0, 0.1) is 5.92 Å². The molecule has 0 heterocycles. The summed E-state index contributed by atoms with van der Waals surface area (Å²) in [6.45, 7) is 1.87. The summed E-state index contributed by atoms with van der Waals surface area (Å²) in [5.41, 5.74) is -0.158. The molecule has 104 valence electrons. The Morgan fingerprint density at radius 1 is 1.32 bits per heavy atom. The van der Waals surface area contributed by atoms with Gasteiger partial charge in [-0.25, -0.2) is 0 Å². The molecule has 0 aliphatic rings. The van der Waals surface area contributed by atoms with Gasteiger partial charge in [0.1, 0.15) is 17.1 Å². The number of rotatable bonds is 4. The van der Waals surface area contributed by atoms with Crippen molar-refractivity contribution >= 4 is 11.8 Å². The molecule has 6 heteroatoms. The van der Waals surface area contributed by atoms with E-state index in [-0.39, 0.29) is 35.4 Å². The fraction of sp³-hybridized carbons (Fsp3) is 0.385. The van der Waals surface area contributed by atoms with Crippen molar-refractivity contribution in [3.8, 4) is 11.5 Å². The van der Waals surface area contributed by atoms with Crippen LogP contribution in [0.2, 0.25) is 0 Å². The molecule has 19 heavy (non-hydrogen) atoms. The molecule has 0 radical (unpaired) electrons. The van der Waals surface area contributed by atoms with Gasteiger partial charge in [-0.2, -0.15) is 0 Å². The third-order valence-electron chi connectivity index (χ3n) is 2.82. The zero-order valence-corrected chi connectivity index (χ0v) is 11.2. The molecule has 0 fully saturated rings. The molecule has 0 bridgehead atoms. The highest BCUT2D eigenvalue weighted by atomic mass is 16.3. The predicted molar refractivity (Wildman–Crippen MR) is 70.0 cm³/mol. The minimum absolute atomic E-state index is 0.158. The molecule has 2 amide bonds. The average molecular weight is 266 g/mol. The van der Waals surface area contributed by atoms with Gasteiger partial charge in [-0.3, -0.25) is 9.59 Å². The number of carbonyl (C=O) groups excluding carboxylic acids is 2. The van der Waals surface area contributed by atoms with Gasteiger partial charge in [-0.05, 0) is 12.1 Å². The van der Waals surface area contributed by atoms with Gasteiger partial charge in [0.15, 0.2) is 0 Å². The Balaban J connectivity index is 2.86. The van der Waals surface area contributed by atoms with Crippen molar-refractivity contribution in [1.29, 1.82) is 0 Å². The first-order valence-corrected chi connectivity index (χ1v) is 5.86. The largest absolute Gasteiger partial charge is 0.507 e. The van der Waals surface area contributed by atoms with Crippen LogP contribution in [-0.2, 0) is 4.79 Å². The summed E-state index contributed by atoms with van der Waals surface area (Å²) in [7, 11) is 3.03. The molecule has 3 N–H and O–H groups in total. The van der Waals surface area contributed by atoms with Crippen LogP contribution in [0.1, 0.15) is 17.3 Å². The number of aromatic hydroxyl groups is 2. The Kier molecular flexibility index (Phi) is 4.74. The smallest absolute Gasteiger partial charge is 0.261 e. The Morgan fingerprint density at radius 3 is 2.32 bits per heavy atom. The number of benzene rings is 1. The maximum absolute atomic E-state index is 12.1. The number of phenols is 2. The third-order valence-corrected chi connectivity index (χ3v) is 2.82. The van der Waals surface area contributed by atoms with Crippen LogP contribution in [0.15, 0.2) is 18.2 Å². The van der Waals surface area contributed by atoms with E-state index in [9.17, 15) is 19.8 Å². The summed E-state index contributed by atoms with van der Waals surface area (Å²) in [4.78, 5) is 24.8.